The number of rotatable bonds is 2. The first kappa shape index (κ1) is 20.6. The molecule has 0 saturated heterocycles. The molecule has 18 heavy (non-hydrogen) atoms. The van der Waals surface area contributed by atoms with Crippen LogP contribution in [-0.2, 0) is 32.6 Å². The zero-order chi connectivity index (χ0) is 11.0. The average Bonchev–Trinajstić information content (AvgIpc) is 2.50. The van der Waals surface area contributed by atoms with Gasteiger partial charge in [0.05, 0.1) is 0 Å². The molecule has 0 aromatic heterocycles. The third kappa shape index (κ3) is 3.65. The summed E-state index contributed by atoms with van der Waals surface area (Å²) < 4.78 is 0. The van der Waals surface area contributed by atoms with E-state index in [0.29, 0.717) is 0 Å². The SMILES string of the molecule is CCCc1ccc(C)c2[cH-]c(C)c(C)c12.[Cl-].[Cl-].[Zr+3]. The van der Waals surface area contributed by atoms with Crippen LogP contribution in [0.3, 0.4) is 0 Å². The minimum Gasteiger partial charge on any atom is -1.00 e. The van der Waals surface area contributed by atoms with Crippen molar-refractivity contribution in [3.05, 3.63) is 40.5 Å². The van der Waals surface area contributed by atoms with Gasteiger partial charge < -0.3 is 24.8 Å². The molecule has 0 atom stereocenters. The molecule has 0 unspecified atom stereocenters. The number of aryl methyl sites for hydroxylation is 4. The van der Waals surface area contributed by atoms with Gasteiger partial charge in [0.15, 0.2) is 0 Å². The van der Waals surface area contributed by atoms with Crippen molar-refractivity contribution in [1.29, 1.82) is 0 Å². The van der Waals surface area contributed by atoms with Crippen LogP contribution in [0.25, 0.3) is 10.8 Å². The van der Waals surface area contributed by atoms with Crippen LogP contribution >= 0.6 is 0 Å². The van der Waals surface area contributed by atoms with Crippen molar-refractivity contribution in [1.82, 2.24) is 0 Å². The van der Waals surface area contributed by atoms with Gasteiger partial charge in [0.1, 0.15) is 0 Å². The summed E-state index contributed by atoms with van der Waals surface area (Å²) in [5.41, 5.74) is 5.82. The Balaban J connectivity index is 0. The molecule has 2 rings (SSSR count). The fourth-order valence-electron chi connectivity index (χ4n) is 2.40. The standard InChI is InChI=1S/C15H19.2ClH.Zr/c1-5-6-13-8-7-10(2)14-9-11(3)12(4)15(13)14;;;/h7-9H,5-6H2,1-4H3;2*1H;/q-1;;;+3/p-2. The van der Waals surface area contributed by atoms with Crippen molar-refractivity contribution >= 4 is 10.8 Å². The molecule has 0 spiro atoms. The van der Waals surface area contributed by atoms with Crippen LogP contribution in [0.5, 0.6) is 0 Å². The number of fused-ring (bicyclic) bond motifs is 1. The van der Waals surface area contributed by atoms with Gasteiger partial charge in [0.25, 0.3) is 0 Å². The Hall–Kier alpha value is 0.293. The minimum atomic E-state index is 0. The first-order chi connectivity index (χ1) is 7.15. The molecule has 2 aromatic rings. The van der Waals surface area contributed by atoms with E-state index >= 15 is 0 Å². The van der Waals surface area contributed by atoms with Crippen molar-refractivity contribution in [2.45, 2.75) is 40.5 Å². The smallest absolute Gasteiger partial charge is 1.00 e. The van der Waals surface area contributed by atoms with Gasteiger partial charge in [0.2, 0.25) is 0 Å². The topological polar surface area (TPSA) is 0 Å². The van der Waals surface area contributed by atoms with E-state index in [9.17, 15) is 0 Å². The second-order valence-corrected chi connectivity index (χ2v) is 4.53. The first-order valence-corrected chi connectivity index (χ1v) is 5.80. The van der Waals surface area contributed by atoms with E-state index in [1.165, 1.54) is 45.9 Å². The van der Waals surface area contributed by atoms with Crippen LogP contribution in [0.1, 0.15) is 35.6 Å². The second kappa shape index (κ2) is 8.46. The average molecular weight is 361 g/mol. The molecule has 3 heteroatoms. The van der Waals surface area contributed by atoms with Crippen LogP contribution in [-0.4, -0.2) is 0 Å². The second-order valence-electron chi connectivity index (χ2n) is 4.53. The summed E-state index contributed by atoms with van der Waals surface area (Å²) in [7, 11) is 0. The van der Waals surface area contributed by atoms with Crippen molar-refractivity contribution in [2.75, 3.05) is 0 Å². The molecule has 0 amide bonds. The summed E-state index contributed by atoms with van der Waals surface area (Å²) >= 11 is 0. The summed E-state index contributed by atoms with van der Waals surface area (Å²) in [5, 5.41) is 2.96. The maximum Gasteiger partial charge on any atom is 3.00 e. The Morgan fingerprint density at radius 1 is 1.06 bits per heavy atom. The van der Waals surface area contributed by atoms with Crippen molar-refractivity contribution in [2.24, 2.45) is 0 Å². The predicted molar refractivity (Wildman–Crippen MR) is 67.7 cm³/mol. The maximum atomic E-state index is 2.33. The zero-order valence-electron chi connectivity index (χ0n) is 11.4. The molecule has 0 saturated carbocycles. The number of hydrogen-bond donors (Lipinski definition) is 0. The molecule has 97 valence electrons. The molecule has 1 radical (unpaired) electrons. The normalized spacial score (nSPS) is 9.33. The molecule has 0 N–H and O–H groups in total. The van der Waals surface area contributed by atoms with Crippen LogP contribution in [0.15, 0.2) is 18.2 Å². The molecule has 0 aliphatic rings. The third-order valence-corrected chi connectivity index (χ3v) is 3.40. The molecule has 0 nitrogen and oxygen atoms in total. The fraction of sp³-hybridized carbons (Fsp3) is 0.400. The molecule has 0 heterocycles. The van der Waals surface area contributed by atoms with Gasteiger partial charge in [-0.05, 0) is 6.42 Å². The quantitative estimate of drug-likeness (QED) is 0.568. The summed E-state index contributed by atoms with van der Waals surface area (Å²) in [5.74, 6) is 0. The molecule has 0 bridgehead atoms. The van der Waals surface area contributed by atoms with Gasteiger partial charge in [-0.25, -0.2) is 0 Å². The van der Waals surface area contributed by atoms with Crippen LogP contribution in [0, 0.1) is 20.8 Å². The van der Waals surface area contributed by atoms with Gasteiger partial charge in [-0.2, -0.15) is 5.56 Å². The Morgan fingerprint density at radius 2 is 1.67 bits per heavy atom. The van der Waals surface area contributed by atoms with E-state index in [1.807, 2.05) is 0 Å². The molecular weight excluding hydrogens is 342 g/mol. The largest absolute Gasteiger partial charge is 3.00 e. The summed E-state index contributed by atoms with van der Waals surface area (Å²) in [6, 6.07) is 6.89. The number of benzene rings is 1. The van der Waals surface area contributed by atoms with E-state index in [0.717, 1.165) is 0 Å². The van der Waals surface area contributed by atoms with E-state index in [4.69, 9.17) is 0 Å². The summed E-state index contributed by atoms with van der Waals surface area (Å²) in [4.78, 5) is 0. The minimum absolute atomic E-state index is 0. The van der Waals surface area contributed by atoms with Gasteiger partial charge in [0, 0.05) is 0 Å². The van der Waals surface area contributed by atoms with E-state index in [1.54, 1.807) is 0 Å². The Labute approximate surface area is 142 Å². The monoisotopic (exact) mass is 359 g/mol. The maximum absolute atomic E-state index is 2.33. The zero-order valence-corrected chi connectivity index (χ0v) is 15.4. The van der Waals surface area contributed by atoms with Gasteiger partial charge >= 0.3 is 26.2 Å². The molecule has 0 aliphatic heterocycles. The van der Waals surface area contributed by atoms with E-state index < -0.39 is 0 Å². The summed E-state index contributed by atoms with van der Waals surface area (Å²) in [6.45, 7) is 8.91. The van der Waals surface area contributed by atoms with E-state index in [-0.39, 0.29) is 51.0 Å². The van der Waals surface area contributed by atoms with Crippen LogP contribution in [0.4, 0.5) is 0 Å². The Bertz CT molecular complexity index is 501. The first-order valence-electron chi connectivity index (χ1n) is 5.80. The third-order valence-electron chi connectivity index (χ3n) is 3.40. The van der Waals surface area contributed by atoms with Crippen LogP contribution in [0.2, 0.25) is 0 Å². The molecule has 0 fully saturated rings. The van der Waals surface area contributed by atoms with Gasteiger partial charge in [-0.3, -0.25) is 0 Å². The van der Waals surface area contributed by atoms with E-state index in [2.05, 4.69) is 45.9 Å². The molecule has 0 aliphatic carbocycles. The van der Waals surface area contributed by atoms with Gasteiger partial charge in [-0.1, -0.05) is 45.7 Å². The fourth-order valence-corrected chi connectivity index (χ4v) is 2.40. The Kier molecular flexibility index (Phi) is 9.69. The van der Waals surface area contributed by atoms with Crippen LogP contribution < -0.4 is 24.8 Å². The number of halogens is 2. The van der Waals surface area contributed by atoms with Crippen molar-refractivity contribution in [3.8, 4) is 0 Å². The van der Waals surface area contributed by atoms with Gasteiger partial charge in [-0.15, -0.1) is 34.0 Å². The predicted octanol–water partition coefficient (Wildman–Crippen LogP) is -1.56. The molecule has 2 aromatic carbocycles. The Morgan fingerprint density at radius 3 is 2.22 bits per heavy atom. The molecular formula is C15H19Cl2Zr. The summed E-state index contributed by atoms with van der Waals surface area (Å²) in [6.07, 6.45) is 2.42. The van der Waals surface area contributed by atoms with Crippen molar-refractivity contribution in [3.63, 3.8) is 0 Å². The number of hydrogen-bond acceptors (Lipinski definition) is 0. The van der Waals surface area contributed by atoms with Crippen molar-refractivity contribution < 1.29 is 51.0 Å².